The van der Waals surface area contributed by atoms with Crippen LogP contribution in [0.25, 0.3) is 44.6 Å². The van der Waals surface area contributed by atoms with Crippen LogP contribution < -0.4 is 0 Å². The Morgan fingerprint density at radius 3 is 2.40 bits per heavy atom. The van der Waals surface area contributed by atoms with E-state index in [2.05, 4.69) is 81.4 Å². The molecular formula is C32H32N2O. The number of hydrogen-bond donors (Lipinski definition) is 0. The van der Waals surface area contributed by atoms with Crippen LogP contribution in [-0.2, 0) is 0 Å². The third kappa shape index (κ3) is 4.03. The summed E-state index contributed by atoms with van der Waals surface area (Å²) >= 11 is 0. The van der Waals surface area contributed by atoms with Crippen LogP contribution in [0.2, 0.25) is 0 Å². The Kier molecular flexibility index (Phi) is 5.64. The maximum Gasteiger partial charge on any atom is 0.227 e. The minimum Gasteiger partial charge on any atom is -0.438 e. The molecule has 176 valence electrons. The SMILES string of the molecule is Cc1cccc(C)c1-c1ccc2c(n1)oc1cc(-c3cc(C(C)C4CCCCC4)ccn3)ccc12. The van der Waals surface area contributed by atoms with Crippen LogP contribution in [0.4, 0.5) is 0 Å². The van der Waals surface area contributed by atoms with Gasteiger partial charge in [-0.25, -0.2) is 4.98 Å². The molecule has 6 rings (SSSR count). The van der Waals surface area contributed by atoms with Gasteiger partial charge in [-0.15, -0.1) is 0 Å². The molecule has 1 aliphatic carbocycles. The highest BCUT2D eigenvalue weighted by Gasteiger charge is 2.22. The molecule has 3 aromatic heterocycles. The van der Waals surface area contributed by atoms with E-state index in [-0.39, 0.29) is 0 Å². The minimum absolute atomic E-state index is 0.569. The van der Waals surface area contributed by atoms with Crippen LogP contribution in [0, 0.1) is 19.8 Å². The van der Waals surface area contributed by atoms with E-state index in [1.165, 1.54) is 54.4 Å². The first-order chi connectivity index (χ1) is 17.1. The van der Waals surface area contributed by atoms with Gasteiger partial charge in [0, 0.05) is 28.1 Å². The highest BCUT2D eigenvalue weighted by Crippen LogP contribution is 2.37. The molecule has 0 bridgehead atoms. The lowest BCUT2D eigenvalue weighted by molar-refractivity contribution is 0.316. The van der Waals surface area contributed by atoms with Gasteiger partial charge in [-0.3, -0.25) is 4.98 Å². The van der Waals surface area contributed by atoms with Gasteiger partial charge < -0.3 is 4.42 Å². The minimum atomic E-state index is 0.569. The zero-order chi connectivity index (χ0) is 23.9. The van der Waals surface area contributed by atoms with Crippen molar-refractivity contribution in [1.82, 2.24) is 9.97 Å². The van der Waals surface area contributed by atoms with Crippen LogP contribution in [-0.4, -0.2) is 9.97 Å². The van der Waals surface area contributed by atoms with Gasteiger partial charge in [0.1, 0.15) is 5.58 Å². The number of rotatable bonds is 4. The Morgan fingerprint density at radius 2 is 1.60 bits per heavy atom. The fraction of sp³-hybridized carbons (Fsp3) is 0.312. The molecule has 3 heterocycles. The topological polar surface area (TPSA) is 38.9 Å². The van der Waals surface area contributed by atoms with Crippen LogP contribution >= 0.6 is 0 Å². The Hall–Kier alpha value is -3.46. The zero-order valence-corrected chi connectivity index (χ0v) is 20.8. The highest BCUT2D eigenvalue weighted by atomic mass is 16.3. The first kappa shape index (κ1) is 22.0. The van der Waals surface area contributed by atoms with Gasteiger partial charge >= 0.3 is 0 Å². The number of benzene rings is 2. The van der Waals surface area contributed by atoms with Gasteiger partial charge in [0.05, 0.1) is 11.4 Å². The molecule has 2 aromatic carbocycles. The Labute approximate surface area is 207 Å². The van der Waals surface area contributed by atoms with E-state index < -0.39 is 0 Å². The number of hydrogen-bond acceptors (Lipinski definition) is 3. The van der Waals surface area contributed by atoms with Crippen LogP contribution in [0.3, 0.4) is 0 Å². The summed E-state index contributed by atoms with van der Waals surface area (Å²) in [5.74, 6) is 1.36. The third-order valence-electron chi connectivity index (χ3n) is 8.04. The first-order valence-corrected chi connectivity index (χ1v) is 12.9. The van der Waals surface area contributed by atoms with Crippen molar-refractivity contribution in [1.29, 1.82) is 0 Å². The molecule has 1 saturated carbocycles. The van der Waals surface area contributed by atoms with Crippen molar-refractivity contribution < 1.29 is 4.42 Å². The lowest BCUT2D eigenvalue weighted by atomic mass is 9.78. The summed E-state index contributed by atoms with van der Waals surface area (Å²) in [6, 6.07) is 21.5. The molecule has 3 heteroatoms. The smallest absolute Gasteiger partial charge is 0.227 e. The number of aromatic nitrogens is 2. The average Bonchev–Trinajstić information content (AvgIpc) is 3.26. The predicted octanol–water partition coefficient (Wildman–Crippen LogP) is 9.01. The van der Waals surface area contributed by atoms with E-state index in [0.717, 1.165) is 39.2 Å². The van der Waals surface area contributed by atoms with Crippen molar-refractivity contribution in [2.45, 2.75) is 58.8 Å². The van der Waals surface area contributed by atoms with E-state index in [9.17, 15) is 0 Å². The van der Waals surface area contributed by atoms with Crippen molar-refractivity contribution >= 4 is 22.1 Å². The normalized spacial score (nSPS) is 15.6. The lowest BCUT2D eigenvalue weighted by Gasteiger charge is -2.28. The summed E-state index contributed by atoms with van der Waals surface area (Å²) < 4.78 is 6.29. The molecule has 3 nitrogen and oxygen atoms in total. The molecule has 0 saturated heterocycles. The number of aryl methyl sites for hydroxylation is 2. The quantitative estimate of drug-likeness (QED) is 0.268. The summed E-state index contributed by atoms with van der Waals surface area (Å²) in [6.07, 6.45) is 8.79. The Balaban J connectivity index is 1.37. The second-order valence-corrected chi connectivity index (χ2v) is 10.3. The molecule has 0 radical (unpaired) electrons. The average molecular weight is 461 g/mol. The molecule has 1 aliphatic rings. The van der Waals surface area contributed by atoms with Gasteiger partial charge in [-0.2, -0.15) is 0 Å². The highest BCUT2D eigenvalue weighted by molar-refractivity contribution is 6.05. The molecular weight excluding hydrogens is 428 g/mol. The Morgan fingerprint density at radius 1 is 0.829 bits per heavy atom. The van der Waals surface area contributed by atoms with Gasteiger partial charge in [0.25, 0.3) is 0 Å². The molecule has 0 spiro atoms. The van der Waals surface area contributed by atoms with E-state index in [0.29, 0.717) is 11.6 Å². The molecule has 1 atom stereocenters. The van der Waals surface area contributed by atoms with E-state index in [1.807, 2.05) is 6.20 Å². The molecule has 5 aromatic rings. The van der Waals surface area contributed by atoms with Gasteiger partial charge in [0.2, 0.25) is 5.71 Å². The molecule has 1 fully saturated rings. The number of furan rings is 1. The summed E-state index contributed by atoms with van der Waals surface area (Å²) in [4.78, 5) is 9.63. The van der Waals surface area contributed by atoms with E-state index in [4.69, 9.17) is 14.4 Å². The maximum absolute atomic E-state index is 6.29. The monoisotopic (exact) mass is 460 g/mol. The van der Waals surface area contributed by atoms with Gasteiger partial charge in [-0.05, 0) is 91.6 Å². The predicted molar refractivity (Wildman–Crippen MR) is 145 cm³/mol. The van der Waals surface area contributed by atoms with Crippen molar-refractivity contribution in [3.8, 4) is 22.5 Å². The van der Waals surface area contributed by atoms with Crippen molar-refractivity contribution in [2.24, 2.45) is 5.92 Å². The maximum atomic E-state index is 6.29. The van der Waals surface area contributed by atoms with Gasteiger partial charge in [-0.1, -0.05) is 50.5 Å². The van der Waals surface area contributed by atoms with Crippen molar-refractivity contribution in [3.05, 3.63) is 83.6 Å². The summed E-state index contributed by atoms with van der Waals surface area (Å²) in [6.45, 7) is 6.65. The summed E-state index contributed by atoms with van der Waals surface area (Å²) in [5.41, 5.74) is 9.63. The van der Waals surface area contributed by atoms with E-state index >= 15 is 0 Å². The van der Waals surface area contributed by atoms with Crippen molar-refractivity contribution in [3.63, 3.8) is 0 Å². The number of nitrogens with zero attached hydrogens (tertiary/aromatic N) is 2. The molecule has 35 heavy (non-hydrogen) atoms. The van der Waals surface area contributed by atoms with Crippen LogP contribution in [0.1, 0.15) is 61.6 Å². The number of pyridine rings is 2. The number of fused-ring (bicyclic) bond motifs is 3. The molecule has 0 aliphatic heterocycles. The standard InChI is InChI=1S/C32H32N2O/c1-20-8-7-9-21(2)31(20)28-15-14-27-26-13-12-25(19-30(26)35-32(27)34-28)29-18-24(16-17-33-29)22(3)23-10-5-4-6-11-23/h7-9,12-19,22-23H,4-6,10-11H2,1-3H3. The summed E-state index contributed by atoms with van der Waals surface area (Å²) in [7, 11) is 0. The first-order valence-electron chi connectivity index (χ1n) is 12.9. The third-order valence-corrected chi connectivity index (χ3v) is 8.04. The molecule has 1 unspecified atom stereocenters. The second-order valence-electron chi connectivity index (χ2n) is 10.3. The van der Waals surface area contributed by atoms with E-state index in [1.54, 1.807) is 0 Å². The molecule has 0 amide bonds. The van der Waals surface area contributed by atoms with Crippen LogP contribution in [0.15, 0.2) is 71.3 Å². The Bertz CT molecular complexity index is 1500. The molecule has 0 N–H and O–H groups in total. The van der Waals surface area contributed by atoms with Gasteiger partial charge in [0.15, 0.2) is 0 Å². The largest absolute Gasteiger partial charge is 0.438 e. The van der Waals surface area contributed by atoms with Crippen molar-refractivity contribution in [2.75, 3.05) is 0 Å². The lowest BCUT2D eigenvalue weighted by Crippen LogP contribution is -2.14. The summed E-state index contributed by atoms with van der Waals surface area (Å²) in [5, 5.41) is 2.14. The zero-order valence-electron chi connectivity index (χ0n) is 20.8. The van der Waals surface area contributed by atoms with Crippen LogP contribution in [0.5, 0.6) is 0 Å². The fourth-order valence-corrected chi connectivity index (χ4v) is 5.97. The fourth-order valence-electron chi connectivity index (χ4n) is 5.97. The second kappa shape index (κ2) is 8.96.